The lowest BCUT2D eigenvalue weighted by atomic mass is 10.1. The number of aromatic nitrogens is 2. The molecule has 0 saturated carbocycles. The number of nitrogens with zero attached hydrogens (tertiary/aromatic N) is 2. The molecule has 0 amide bonds. The zero-order chi connectivity index (χ0) is 11.3. The van der Waals surface area contributed by atoms with Gasteiger partial charge in [-0.2, -0.15) is 0 Å². The van der Waals surface area contributed by atoms with Gasteiger partial charge in [0.05, 0.1) is 0 Å². The number of hydrogen-bond acceptors (Lipinski definition) is 3. The number of thioether (sulfide) groups is 1. The van der Waals surface area contributed by atoms with E-state index in [0.29, 0.717) is 12.0 Å². The second-order valence-electron chi connectivity index (χ2n) is 4.04. The zero-order valence-corrected chi connectivity index (χ0v) is 10.8. The van der Waals surface area contributed by atoms with E-state index in [9.17, 15) is 0 Å². The van der Waals surface area contributed by atoms with Gasteiger partial charge in [-0.25, -0.2) is 4.98 Å². The Morgan fingerprint density at radius 1 is 1.53 bits per heavy atom. The van der Waals surface area contributed by atoms with Gasteiger partial charge in [0.25, 0.3) is 0 Å². The smallest absolute Gasteiger partial charge is 0.167 e. The van der Waals surface area contributed by atoms with E-state index in [1.807, 2.05) is 31.2 Å². The molecule has 1 unspecified atom stereocenters. The molecule has 0 aliphatic carbocycles. The minimum absolute atomic E-state index is 0.566. The van der Waals surface area contributed by atoms with Gasteiger partial charge < -0.3 is 9.88 Å². The number of nitrogens with one attached hydrogen (secondary N) is 1. The van der Waals surface area contributed by atoms with Crippen LogP contribution in [0, 0.1) is 5.92 Å². The van der Waals surface area contributed by atoms with Crippen molar-refractivity contribution in [2.24, 2.45) is 13.0 Å². The number of imidazole rings is 1. The van der Waals surface area contributed by atoms with Crippen LogP contribution < -0.4 is 5.32 Å². The third kappa shape index (κ3) is 3.87. The summed E-state index contributed by atoms with van der Waals surface area (Å²) in [5, 5.41) is 4.60. The summed E-state index contributed by atoms with van der Waals surface area (Å²) in [6.45, 7) is 7.70. The molecule has 0 aromatic carbocycles. The Bertz CT molecular complexity index is 283. The first kappa shape index (κ1) is 12.6. The van der Waals surface area contributed by atoms with E-state index >= 15 is 0 Å². The van der Waals surface area contributed by atoms with Crippen LogP contribution in [0.4, 0.5) is 0 Å². The van der Waals surface area contributed by atoms with E-state index in [1.165, 1.54) is 0 Å². The second kappa shape index (κ2) is 6.18. The quantitative estimate of drug-likeness (QED) is 0.755. The number of aryl methyl sites for hydroxylation is 1. The van der Waals surface area contributed by atoms with E-state index in [2.05, 4.69) is 35.6 Å². The summed E-state index contributed by atoms with van der Waals surface area (Å²) in [5.74, 6) is 1.74. The van der Waals surface area contributed by atoms with E-state index in [-0.39, 0.29) is 0 Å². The van der Waals surface area contributed by atoms with E-state index in [1.54, 1.807) is 0 Å². The standard InChI is InChI=1S/C11H21N3S/c1-5-12-10(9(2)3)8-15-11-13-6-7-14(11)4/h6-7,9-10,12H,5,8H2,1-4H3. The molecule has 15 heavy (non-hydrogen) atoms. The van der Waals surface area contributed by atoms with Gasteiger partial charge in [-0.15, -0.1) is 0 Å². The maximum atomic E-state index is 4.31. The Morgan fingerprint density at radius 3 is 2.73 bits per heavy atom. The van der Waals surface area contributed by atoms with Crippen LogP contribution in [-0.2, 0) is 7.05 Å². The first-order valence-corrected chi connectivity index (χ1v) is 6.47. The van der Waals surface area contributed by atoms with Crippen LogP contribution in [0.3, 0.4) is 0 Å². The van der Waals surface area contributed by atoms with Gasteiger partial charge in [-0.05, 0) is 12.5 Å². The Hall–Kier alpha value is -0.480. The highest BCUT2D eigenvalue weighted by molar-refractivity contribution is 7.99. The van der Waals surface area contributed by atoms with Crippen molar-refractivity contribution < 1.29 is 0 Å². The van der Waals surface area contributed by atoms with Crippen LogP contribution in [0.5, 0.6) is 0 Å². The van der Waals surface area contributed by atoms with Crippen molar-refractivity contribution in [3.63, 3.8) is 0 Å². The number of rotatable bonds is 6. The lowest BCUT2D eigenvalue weighted by Gasteiger charge is -2.20. The minimum Gasteiger partial charge on any atom is -0.329 e. The highest BCUT2D eigenvalue weighted by Crippen LogP contribution is 2.18. The largest absolute Gasteiger partial charge is 0.329 e. The van der Waals surface area contributed by atoms with Crippen LogP contribution in [0.2, 0.25) is 0 Å². The van der Waals surface area contributed by atoms with Gasteiger partial charge >= 0.3 is 0 Å². The van der Waals surface area contributed by atoms with Crippen molar-refractivity contribution in [3.05, 3.63) is 12.4 Å². The van der Waals surface area contributed by atoms with E-state index in [4.69, 9.17) is 0 Å². The Balaban J connectivity index is 2.43. The van der Waals surface area contributed by atoms with E-state index < -0.39 is 0 Å². The van der Waals surface area contributed by atoms with Crippen molar-refractivity contribution in [3.8, 4) is 0 Å². The summed E-state index contributed by atoms with van der Waals surface area (Å²) >= 11 is 1.82. The third-order valence-electron chi connectivity index (χ3n) is 2.44. The SMILES string of the molecule is CCNC(CSc1nccn1C)C(C)C. The van der Waals surface area contributed by atoms with Gasteiger partial charge in [0.2, 0.25) is 0 Å². The zero-order valence-electron chi connectivity index (χ0n) is 10.0. The molecule has 0 spiro atoms. The molecule has 1 rings (SSSR count). The van der Waals surface area contributed by atoms with Crippen molar-refractivity contribution in [2.45, 2.75) is 32.0 Å². The van der Waals surface area contributed by atoms with Gasteiger partial charge in [-0.3, -0.25) is 0 Å². The Morgan fingerprint density at radius 2 is 2.27 bits per heavy atom. The van der Waals surface area contributed by atoms with E-state index in [0.717, 1.165) is 17.5 Å². The molecule has 0 fully saturated rings. The molecule has 1 aromatic heterocycles. The molecule has 0 radical (unpaired) electrons. The Labute approximate surface area is 96.7 Å². The molecule has 3 nitrogen and oxygen atoms in total. The molecule has 0 saturated heterocycles. The van der Waals surface area contributed by atoms with Crippen LogP contribution in [-0.4, -0.2) is 27.9 Å². The molecule has 0 aliphatic rings. The first-order chi connectivity index (χ1) is 7.15. The highest BCUT2D eigenvalue weighted by Gasteiger charge is 2.13. The Kier molecular flexibility index (Phi) is 5.19. The predicted molar refractivity (Wildman–Crippen MR) is 66.2 cm³/mol. The average molecular weight is 227 g/mol. The predicted octanol–water partition coefficient (Wildman–Crippen LogP) is 2.15. The molecule has 86 valence electrons. The van der Waals surface area contributed by atoms with Crippen molar-refractivity contribution in [2.75, 3.05) is 12.3 Å². The molecule has 1 aromatic rings. The lowest BCUT2D eigenvalue weighted by Crippen LogP contribution is -2.35. The van der Waals surface area contributed by atoms with Crippen molar-refractivity contribution in [1.82, 2.24) is 14.9 Å². The molecule has 0 aliphatic heterocycles. The van der Waals surface area contributed by atoms with Crippen molar-refractivity contribution >= 4 is 11.8 Å². The fraction of sp³-hybridized carbons (Fsp3) is 0.727. The summed E-state index contributed by atoms with van der Waals surface area (Å²) in [6, 6.07) is 0.566. The summed E-state index contributed by atoms with van der Waals surface area (Å²) in [5.41, 5.74) is 0. The van der Waals surface area contributed by atoms with Gasteiger partial charge in [0.15, 0.2) is 5.16 Å². The topological polar surface area (TPSA) is 29.9 Å². The molecule has 1 heterocycles. The average Bonchev–Trinajstić information content (AvgIpc) is 2.58. The summed E-state index contributed by atoms with van der Waals surface area (Å²) in [7, 11) is 2.03. The lowest BCUT2D eigenvalue weighted by molar-refractivity contribution is 0.443. The summed E-state index contributed by atoms with van der Waals surface area (Å²) in [4.78, 5) is 4.31. The van der Waals surface area contributed by atoms with Crippen molar-refractivity contribution in [1.29, 1.82) is 0 Å². The maximum Gasteiger partial charge on any atom is 0.167 e. The van der Waals surface area contributed by atoms with Crippen LogP contribution in [0.15, 0.2) is 17.6 Å². The molecule has 1 N–H and O–H groups in total. The fourth-order valence-corrected chi connectivity index (χ4v) is 2.64. The second-order valence-corrected chi connectivity index (χ2v) is 5.03. The molecular formula is C11H21N3S. The number of hydrogen-bond donors (Lipinski definition) is 1. The van der Waals surface area contributed by atoms with Gasteiger partial charge in [-0.1, -0.05) is 32.5 Å². The van der Waals surface area contributed by atoms with Crippen LogP contribution in [0.1, 0.15) is 20.8 Å². The molecule has 4 heteroatoms. The van der Waals surface area contributed by atoms with Gasteiger partial charge in [0.1, 0.15) is 0 Å². The molecular weight excluding hydrogens is 206 g/mol. The minimum atomic E-state index is 0.566. The molecule has 1 atom stereocenters. The maximum absolute atomic E-state index is 4.31. The normalized spacial score (nSPS) is 13.4. The fourth-order valence-electron chi connectivity index (χ4n) is 1.40. The van der Waals surface area contributed by atoms with Crippen LogP contribution >= 0.6 is 11.8 Å². The monoisotopic (exact) mass is 227 g/mol. The first-order valence-electron chi connectivity index (χ1n) is 5.48. The van der Waals surface area contributed by atoms with Gasteiger partial charge in [0, 0.05) is 31.2 Å². The summed E-state index contributed by atoms with van der Waals surface area (Å²) in [6.07, 6.45) is 3.83. The molecule has 0 bridgehead atoms. The highest BCUT2D eigenvalue weighted by atomic mass is 32.2. The third-order valence-corrected chi connectivity index (χ3v) is 3.62. The summed E-state index contributed by atoms with van der Waals surface area (Å²) < 4.78 is 2.06. The van der Waals surface area contributed by atoms with Crippen LogP contribution in [0.25, 0.3) is 0 Å².